The molecule has 0 radical (unpaired) electrons. The molecule has 3 N–H and O–H groups in total. The lowest BCUT2D eigenvalue weighted by atomic mass is 10.1. The number of hydrogen-bond donors (Lipinski definition) is 3. The van der Waals surface area contributed by atoms with Crippen molar-refractivity contribution >= 4 is 11.3 Å². The lowest BCUT2D eigenvalue weighted by molar-refractivity contribution is 0.146. The summed E-state index contributed by atoms with van der Waals surface area (Å²) in [6, 6.07) is 13.1. The number of aliphatic hydroxyl groups excluding tert-OH is 1. The molecule has 112 valence electrons. The van der Waals surface area contributed by atoms with Crippen molar-refractivity contribution in [3.05, 3.63) is 46.8 Å². The zero-order valence-electron chi connectivity index (χ0n) is 12.3. The smallest absolute Gasteiger partial charge is 0.0716 e. The maximum absolute atomic E-state index is 9.76. The van der Waals surface area contributed by atoms with Gasteiger partial charge < -0.3 is 15.7 Å². The quantitative estimate of drug-likeness (QED) is 0.794. The van der Waals surface area contributed by atoms with Crippen LogP contribution in [0, 0.1) is 12.8 Å². The molecule has 1 fully saturated rings. The molecule has 2 heterocycles. The van der Waals surface area contributed by atoms with Gasteiger partial charge in [-0.25, -0.2) is 0 Å². The number of β-amino-alcohol motifs (C(OH)–C–C–N with tert-alkyl or cyclic N) is 1. The van der Waals surface area contributed by atoms with Gasteiger partial charge in [0, 0.05) is 41.9 Å². The Kier molecular flexibility index (Phi) is 4.70. The first-order valence-electron chi connectivity index (χ1n) is 7.47. The topological polar surface area (TPSA) is 44.3 Å². The summed E-state index contributed by atoms with van der Waals surface area (Å²) in [4.78, 5) is 2.65. The maximum atomic E-state index is 9.76. The minimum Gasteiger partial charge on any atom is -0.391 e. The Labute approximate surface area is 130 Å². The second kappa shape index (κ2) is 6.71. The Hall–Kier alpha value is -1.20. The lowest BCUT2D eigenvalue weighted by Crippen LogP contribution is -2.29. The summed E-state index contributed by atoms with van der Waals surface area (Å²) in [5.41, 5.74) is 2.58. The highest BCUT2D eigenvalue weighted by molar-refractivity contribution is 7.15. The summed E-state index contributed by atoms with van der Waals surface area (Å²) in [6.07, 6.45) is -0.205. The van der Waals surface area contributed by atoms with Crippen LogP contribution in [0.4, 0.5) is 0 Å². The van der Waals surface area contributed by atoms with Crippen molar-refractivity contribution in [3.8, 4) is 10.4 Å². The summed E-state index contributed by atoms with van der Waals surface area (Å²) >= 11 is 1.83. The van der Waals surface area contributed by atoms with Crippen LogP contribution in [-0.4, -0.2) is 30.8 Å². The molecule has 4 heteroatoms. The second-order valence-corrected chi connectivity index (χ2v) is 6.92. The molecular weight excluding hydrogens is 280 g/mol. The summed E-state index contributed by atoms with van der Waals surface area (Å²) in [6.45, 7) is 5.49. The Morgan fingerprint density at radius 3 is 2.71 bits per heavy atom. The van der Waals surface area contributed by atoms with E-state index in [2.05, 4.69) is 54.0 Å². The van der Waals surface area contributed by atoms with Crippen molar-refractivity contribution in [2.75, 3.05) is 19.6 Å². The van der Waals surface area contributed by atoms with E-state index in [-0.39, 0.29) is 6.10 Å². The van der Waals surface area contributed by atoms with Crippen molar-refractivity contribution in [2.45, 2.75) is 19.6 Å². The van der Waals surface area contributed by atoms with Crippen LogP contribution in [0.2, 0.25) is 0 Å². The zero-order chi connectivity index (χ0) is 14.7. The molecule has 21 heavy (non-hydrogen) atoms. The third-order valence-corrected chi connectivity index (χ3v) is 5.14. The van der Waals surface area contributed by atoms with Gasteiger partial charge in [-0.2, -0.15) is 0 Å². The fourth-order valence-electron chi connectivity index (χ4n) is 2.65. The molecular formula is C17H22N2OS. The normalized spacial score (nSPS) is 21.8. The Morgan fingerprint density at radius 2 is 2.00 bits per heavy atom. The molecule has 0 saturated carbocycles. The number of aryl methyl sites for hydroxylation is 1. The number of rotatable bonds is 5. The molecule has 1 aromatic heterocycles. The fraction of sp³-hybridized carbons (Fsp3) is 0.412. The highest BCUT2D eigenvalue weighted by atomic mass is 32.1. The zero-order valence-corrected chi connectivity index (χ0v) is 13.1. The fourth-order valence-corrected chi connectivity index (χ4v) is 3.64. The largest absolute Gasteiger partial charge is 0.391 e. The molecule has 0 aliphatic carbocycles. The third-order valence-electron chi connectivity index (χ3n) is 4.01. The molecule has 1 aliphatic rings. The standard InChI is InChI=1S/C17H22N2OS/c1-12-2-4-13(5-3-12)17-7-6-15(21-17)10-18-8-14-9-19-11-16(14)20/h2-7,14,16,18-20H,8-11H2,1H3. The summed E-state index contributed by atoms with van der Waals surface area (Å²) in [7, 11) is 0. The minimum absolute atomic E-state index is 0.205. The van der Waals surface area contributed by atoms with E-state index < -0.39 is 0 Å². The summed E-state index contributed by atoms with van der Waals surface area (Å²) in [5.74, 6) is 0.335. The van der Waals surface area contributed by atoms with Crippen LogP contribution in [-0.2, 0) is 6.54 Å². The number of benzene rings is 1. The molecule has 0 bridgehead atoms. The van der Waals surface area contributed by atoms with Crippen molar-refractivity contribution in [2.24, 2.45) is 5.92 Å². The molecule has 0 spiro atoms. The number of thiophene rings is 1. The van der Waals surface area contributed by atoms with Crippen LogP contribution in [0.15, 0.2) is 36.4 Å². The van der Waals surface area contributed by atoms with Crippen LogP contribution in [0.5, 0.6) is 0 Å². The van der Waals surface area contributed by atoms with Gasteiger partial charge in [-0.05, 0) is 24.6 Å². The van der Waals surface area contributed by atoms with Gasteiger partial charge in [-0.15, -0.1) is 11.3 Å². The summed E-state index contributed by atoms with van der Waals surface area (Å²) in [5, 5.41) is 16.4. The van der Waals surface area contributed by atoms with E-state index in [1.54, 1.807) is 0 Å². The Morgan fingerprint density at radius 1 is 1.19 bits per heavy atom. The van der Waals surface area contributed by atoms with Gasteiger partial charge in [0.1, 0.15) is 0 Å². The van der Waals surface area contributed by atoms with Crippen LogP contribution >= 0.6 is 11.3 Å². The molecule has 1 aromatic carbocycles. The number of hydrogen-bond acceptors (Lipinski definition) is 4. The monoisotopic (exact) mass is 302 g/mol. The first-order valence-corrected chi connectivity index (χ1v) is 8.29. The summed E-state index contributed by atoms with van der Waals surface area (Å²) < 4.78 is 0. The van der Waals surface area contributed by atoms with Gasteiger partial charge in [-0.1, -0.05) is 29.8 Å². The maximum Gasteiger partial charge on any atom is 0.0716 e. The lowest BCUT2D eigenvalue weighted by Gasteiger charge is -2.13. The Balaban J connectivity index is 1.54. The van der Waals surface area contributed by atoms with E-state index in [9.17, 15) is 5.11 Å². The first-order chi connectivity index (χ1) is 10.2. The van der Waals surface area contributed by atoms with Crippen molar-refractivity contribution in [1.29, 1.82) is 0 Å². The molecule has 2 aromatic rings. The molecule has 0 amide bonds. The van der Waals surface area contributed by atoms with Crippen molar-refractivity contribution in [1.82, 2.24) is 10.6 Å². The van der Waals surface area contributed by atoms with Gasteiger partial charge in [0.15, 0.2) is 0 Å². The SMILES string of the molecule is Cc1ccc(-c2ccc(CNCC3CNCC3O)s2)cc1. The molecule has 2 atom stereocenters. The van der Waals surface area contributed by atoms with Gasteiger partial charge in [0.25, 0.3) is 0 Å². The predicted molar refractivity (Wildman–Crippen MR) is 88.6 cm³/mol. The molecule has 1 aliphatic heterocycles. The van der Waals surface area contributed by atoms with E-state index in [1.807, 2.05) is 11.3 Å². The van der Waals surface area contributed by atoms with E-state index in [1.165, 1.54) is 20.9 Å². The Bertz CT molecular complexity index is 579. The second-order valence-electron chi connectivity index (χ2n) is 5.75. The van der Waals surface area contributed by atoms with Gasteiger partial charge in [0.05, 0.1) is 6.10 Å². The third kappa shape index (κ3) is 3.71. The van der Waals surface area contributed by atoms with Crippen molar-refractivity contribution < 1.29 is 5.11 Å². The van der Waals surface area contributed by atoms with E-state index in [4.69, 9.17) is 0 Å². The first kappa shape index (κ1) is 14.7. The minimum atomic E-state index is -0.205. The van der Waals surface area contributed by atoms with E-state index in [0.717, 1.165) is 26.2 Å². The van der Waals surface area contributed by atoms with Gasteiger partial charge in [-0.3, -0.25) is 0 Å². The number of aliphatic hydroxyl groups is 1. The average Bonchev–Trinajstić information content (AvgIpc) is 3.10. The van der Waals surface area contributed by atoms with Crippen LogP contribution < -0.4 is 10.6 Å². The highest BCUT2D eigenvalue weighted by Gasteiger charge is 2.24. The van der Waals surface area contributed by atoms with Crippen LogP contribution in [0.25, 0.3) is 10.4 Å². The molecule has 3 rings (SSSR count). The molecule has 2 unspecified atom stereocenters. The van der Waals surface area contributed by atoms with Gasteiger partial charge >= 0.3 is 0 Å². The highest BCUT2D eigenvalue weighted by Crippen LogP contribution is 2.28. The molecule has 1 saturated heterocycles. The molecule has 3 nitrogen and oxygen atoms in total. The van der Waals surface area contributed by atoms with E-state index >= 15 is 0 Å². The predicted octanol–water partition coefficient (Wildman–Crippen LogP) is 2.39. The van der Waals surface area contributed by atoms with Gasteiger partial charge in [0.2, 0.25) is 0 Å². The average molecular weight is 302 g/mol. The van der Waals surface area contributed by atoms with E-state index in [0.29, 0.717) is 5.92 Å². The van der Waals surface area contributed by atoms with Crippen LogP contribution in [0.3, 0.4) is 0 Å². The number of nitrogens with one attached hydrogen (secondary N) is 2. The van der Waals surface area contributed by atoms with Crippen LogP contribution in [0.1, 0.15) is 10.4 Å². The van der Waals surface area contributed by atoms with Crippen molar-refractivity contribution in [3.63, 3.8) is 0 Å².